The minimum absolute atomic E-state index is 0.00734. The Morgan fingerprint density at radius 3 is 1.43 bits per heavy atom. The van der Waals surface area contributed by atoms with Gasteiger partial charge in [-0.3, -0.25) is 55.2 Å². The molecule has 0 aromatic carbocycles. The largest absolute Gasteiger partial charge is 0.472 e. The van der Waals surface area contributed by atoms with E-state index in [1.165, 1.54) is 10.9 Å². The smallest absolute Gasteiger partial charge is 0.394 e. The highest BCUT2D eigenvalue weighted by Crippen LogP contribution is 2.54. The number of hydrogen-bond donors (Lipinski definition) is 14. The fourth-order valence-corrected chi connectivity index (χ4v) is 12.6. The molecule has 0 saturated carbocycles. The Bertz CT molecular complexity index is 3870. The second-order valence-corrected chi connectivity index (χ2v) is 23.1. The van der Waals surface area contributed by atoms with E-state index in [1.54, 1.807) is 0 Å². The summed E-state index contributed by atoms with van der Waals surface area (Å²) in [6.45, 7) is -4.31. The van der Waals surface area contributed by atoms with Crippen LogP contribution in [0.1, 0.15) is 24.9 Å². The van der Waals surface area contributed by atoms with Gasteiger partial charge in [-0.15, -0.1) is 0 Å². The number of aromatic amines is 1. The van der Waals surface area contributed by atoms with Gasteiger partial charge in [-0.25, -0.2) is 53.4 Å². The van der Waals surface area contributed by atoms with Gasteiger partial charge in [0, 0.05) is 6.20 Å². The second-order valence-electron chi connectivity index (χ2n) is 18.9. The van der Waals surface area contributed by atoms with Crippen LogP contribution in [0.15, 0.2) is 53.5 Å². The highest BCUT2D eigenvalue weighted by atomic mass is 31.2. The van der Waals surface area contributed by atoms with E-state index in [-0.39, 0.29) is 56.9 Å². The molecule has 45 heteroatoms. The molecule has 0 aliphatic carbocycles. The number of aliphatic hydroxyl groups excluding tert-OH is 6. The van der Waals surface area contributed by atoms with Gasteiger partial charge in [0.2, 0.25) is 5.95 Å². The number of aliphatic hydroxyl groups is 6. The van der Waals surface area contributed by atoms with Gasteiger partial charge in [0.05, 0.1) is 45.4 Å². The zero-order chi connectivity index (χ0) is 59.9. The molecule has 11 heterocycles. The number of nitrogens with two attached hydrogens (primary N) is 4. The van der Waals surface area contributed by atoms with Crippen molar-refractivity contribution in [2.45, 2.75) is 98.2 Å². The lowest BCUT2D eigenvalue weighted by molar-refractivity contribution is -0.0642. The van der Waals surface area contributed by atoms with Crippen LogP contribution in [-0.2, 0) is 59.8 Å². The molecule has 0 spiro atoms. The van der Waals surface area contributed by atoms with Crippen molar-refractivity contribution in [2.75, 3.05) is 49.4 Å². The summed E-state index contributed by atoms with van der Waals surface area (Å²) in [5.74, 6) is -0.735. The van der Waals surface area contributed by atoms with E-state index in [2.05, 4.69) is 49.8 Å². The summed E-state index contributed by atoms with van der Waals surface area (Å²) < 4.78 is 100. The number of imidazole rings is 3. The maximum absolute atomic E-state index is 14.0. The normalized spacial score (nSPS) is 32.2. The maximum atomic E-state index is 14.0. The Labute approximate surface area is 464 Å². The molecule has 4 fully saturated rings. The van der Waals surface area contributed by atoms with Crippen molar-refractivity contribution in [2.24, 2.45) is 0 Å². The fourth-order valence-electron chi connectivity index (χ4n) is 9.67. The third kappa shape index (κ3) is 11.3. The van der Waals surface area contributed by atoms with Crippen molar-refractivity contribution in [3.05, 3.63) is 64.7 Å². The van der Waals surface area contributed by atoms with Crippen LogP contribution in [-0.4, -0.2) is 213 Å². The van der Waals surface area contributed by atoms with Crippen LogP contribution >= 0.6 is 23.5 Å². The molecule has 4 aliphatic heterocycles. The van der Waals surface area contributed by atoms with E-state index in [0.717, 1.165) is 46.7 Å². The number of nitrogen functional groups attached to an aromatic ring is 4. The molecule has 11 rings (SSSR count). The summed E-state index contributed by atoms with van der Waals surface area (Å²) in [6.07, 6.45) is -22.7. The van der Waals surface area contributed by atoms with Gasteiger partial charge in [0.25, 0.3) is 5.56 Å². The van der Waals surface area contributed by atoms with E-state index in [4.69, 9.17) is 69.0 Å². The monoisotopic (exact) mass is 1250 g/mol. The number of nitrogens with zero attached hydrogens (tertiary/aromatic N) is 13. The third-order valence-corrected chi connectivity index (χ3v) is 16.5. The molecule has 4 saturated heterocycles. The first-order chi connectivity index (χ1) is 39.8. The van der Waals surface area contributed by atoms with E-state index in [1.807, 2.05) is 0 Å². The van der Waals surface area contributed by atoms with E-state index in [0.29, 0.717) is 4.57 Å². The van der Waals surface area contributed by atoms with Gasteiger partial charge in [0.1, 0.15) is 103 Å². The molecule has 18 N–H and O–H groups in total. The lowest BCUT2D eigenvalue weighted by Crippen LogP contribution is -2.39. The Kier molecular flexibility index (Phi) is 16.0. The standard InChI is InChI=1S/C39H49N18O24P3/c40-16-1-2-54(39(65)51-16)35-23(62)26(14(77-35)5-73-83(68,69)79-25-12(3-58)75-37(22(25)61)57-11-50-19-32(57)52-38(43)53-33(19)64)80-84(70,71)74-6-15-27(24(63)36(78-15)56-10-49-18-29(42)45-8-47-31(18)56)81-82(66,67)72-4-13-20(59)21(60)34(76-13)55-9-48-17-28(41)44-7-46-30(17)55/h1-2,7-15,20-27,34-37,58-63H,3-6H2,(H,66,67)(H,68,69)(H,70,71)(H2,40,51,65)(H2,41,44,46)(H2,42,45,47)(H3,43,52,53,64)/t12-,13-,14-,15-,20-,21-,22-,23-,24-,25-,26-,27-,34-,35-,36-,37-/m1/s1. The molecule has 0 amide bonds. The molecular formula is C39H49N18O24P3. The van der Waals surface area contributed by atoms with Crippen molar-refractivity contribution >= 4 is 80.4 Å². The average Bonchev–Trinajstić information content (AvgIpc) is 4.25. The van der Waals surface area contributed by atoms with Crippen LogP contribution in [0.25, 0.3) is 33.5 Å². The average molecular weight is 1250 g/mol. The van der Waals surface area contributed by atoms with Gasteiger partial charge in [-0.05, 0) is 6.07 Å². The van der Waals surface area contributed by atoms with Crippen molar-refractivity contribution in [3.8, 4) is 0 Å². The topological polar surface area (TPSA) is 615 Å². The van der Waals surface area contributed by atoms with Crippen molar-refractivity contribution < 1.29 is 105 Å². The number of phosphoric acid groups is 3. The highest BCUT2D eigenvalue weighted by Gasteiger charge is 2.55. The highest BCUT2D eigenvalue weighted by molar-refractivity contribution is 7.48. The molecule has 7 aromatic rings. The zero-order valence-electron chi connectivity index (χ0n) is 42.2. The first-order valence-corrected chi connectivity index (χ1v) is 28.8. The van der Waals surface area contributed by atoms with E-state index >= 15 is 0 Å². The third-order valence-electron chi connectivity index (χ3n) is 13.6. The van der Waals surface area contributed by atoms with Crippen molar-refractivity contribution in [3.63, 3.8) is 0 Å². The van der Waals surface area contributed by atoms with E-state index in [9.17, 15) is 68.6 Å². The van der Waals surface area contributed by atoms with Crippen molar-refractivity contribution in [1.29, 1.82) is 0 Å². The molecule has 454 valence electrons. The summed E-state index contributed by atoms with van der Waals surface area (Å²) in [5.41, 5.74) is 21.0. The Morgan fingerprint density at radius 2 is 0.940 bits per heavy atom. The molecule has 0 bridgehead atoms. The minimum atomic E-state index is -5.70. The molecule has 19 atom stereocenters. The molecule has 3 unspecified atom stereocenters. The van der Waals surface area contributed by atoms with Crippen LogP contribution in [0.2, 0.25) is 0 Å². The van der Waals surface area contributed by atoms with Crippen LogP contribution < -0.4 is 34.2 Å². The summed E-state index contributed by atoms with van der Waals surface area (Å²) in [7, 11) is -16.7. The molecular weight excluding hydrogens is 1200 g/mol. The number of nitrogens with one attached hydrogen (secondary N) is 1. The zero-order valence-corrected chi connectivity index (χ0v) is 44.9. The number of fused-ring (bicyclic) bond motifs is 3. The predicted molar refractivity (Wildman–Crippen MR) is 270 cm³/mol. The number of phosphoric ester groups is 3. The number of ether oxygens (including phenoxy) is 4. The SMILES string of the molecule is Nc1ccn([C@@H]2O[C@H](COP(=O)(O)O[C@H]3[C@@H](O)[C@H](n4cnc5c(=O)[nH]c(N)nc54)O[C@@H]3CO)[C@@H](OP(=O)(O)OC[C@H]3O[C@@H](n4cnc5c(N)ncnc54)[C@H](O)[C@@H]3OP(=O)(O)OC[C@H]3O[C@@H](n4cnc5c(N)ncnc54)[C@H](O)[C@@H]3O)[C@H]2O)c(=O)n1. The Balaban J connectivity index is 0.800. The molecule has 84 heavy (non-hydrogen) atoms. The summed E-state index contributed by atoms with van der Waals surface area (Å²) >= 11 is 0. The number of rotatable bonds is 20. The molecule has 7 aromatic heterocycles. The minimum Gasteiger partial charge on any atom is -0.394 e. The Morgan fingerprint density at radius 1 is 0.524 bits per heavy atom. The van der Waals surface area contributed by atoms with Crippen LogP contribution in [0, 0.1) is 0 Å². The molecule has 42 nitrogen and oxygen atoms in total. The summed E-state index contributed by atoms with van der Waals surface area (Å²) in [4.78, 5) is 96.6. The van der Waals surface area contributed by atoms with Gasteiger partial charge in [-0.2, -0.15) is 9.97 Å². The fraction of sp³-hybridized carbons (Fsp3) is 0.513. The van der Waals surface area contributed by atoms with Crippen LogP contribution in [0.4, 0.5) is 23.4 Å². The van der Waals surface area contributed by atoms with Gasteiger partial charge in [-0.1, -0.05) is 0 Å². The lowest BCUT2D eigenvalue weighted by atomic mass is 10.1. The first-order valence-electron chi connectivity index (χ1n) is 24.4. The summed E-state index contributed by atoms with van der Waals surface area (Å²) in [5, 5.41) is 66.6. The molecule has 0 radical (unpaired) electrons. The predicted octanol–water partition coefficient (Wildman–Crippen LogP) is -5.72. The molecule has 4 aliphatic rings. The number of H-pyrrole nitrogens is 1. The van der Waals surface area contributed by atoms with E-state index < -0.39 is 159 Å². The quantitative estimate of drug-likeness (QED) is 0.0316. The number of hydrogen-bond acceptors (Lipinski definition) is 34. The van der Waals surface area contributed by atoms with Gasteiger partial charge < -0.3 is 87.2 Å². The summed E-state index contributed by atoms with van der Waals surface area (Å²) in [6, 6.07) is 1.11. The van der Waals surface area contributed by atoms with Crippen molar-refractivity contribution in [1.82, 2.24) is 68.1 Å². The first kappa shape index (κ1) is 59.2. The van der Waals surface area contributed by atoms with Crippen LogP contribution in [0.3, 0.4) is 0 Å². The second kappa shape index (κ2) is 22.7. The van der Waals surface area contributed by atoms with Gasteiger partial charge in [0.15, 0.2) is 59.0 Å². The number of anilines is 4. The Hall–Kier alpha value is -6.54. The van der Waals surface area contributed by atoms with Gasteiger partial charge >= 0.3 is 29.2 Å². The number of aromatic nitrogens is 14. The van der Waals surface area contributed by atoms with Crippen LogP contribution in [0.5, 0.6) is 0 Å². The maximum Gasteiger partial charge on any atom is 0.472 e. The lowest BCUT2D eigenvalue weighted by Gasteiger charge is -2.26.